The monoisotopic (exact) mass is 304 g/mol. The van der Waals surface area contributed by atoms with Gasteiger partial charge in [-0.1, -0.05) is 0 Å². The van der Waals surface area contributed by atoms with Crippen LogP contribution in [-0.2, 0) is 0 Å². The number of nitrogens with zero attached hydrogens (tertiary/aromatic N) is 5. The Bertz CT molecular complexity index is 835. The topological polar surface area (TPSA) is 86.5 Å². The summed E-state index contributed by atoms with van der Waals surface area (Å²) >= 11 is 0. The van der Waals surface area contributed by atoms with Gasteiger partial charge < -0.3 is 14.8 Å². The van der Waals surface area contributed by atoms with Crippen LogP contribution in [0.3, 0.4) is 0 Å². The smallest absolute Gasteiger partial charge is 0.319 e. The van der Waals surface area contributed by atoms with Gasteiger partial charge >= 0.3 is 6.01 Å². The van der Waals surface area contributed by atoms with Gasteiger partial charge in [-0.25, -0.2) is 9.97 Å². The molecular formula is C13H13FN6O2. The van der Waals surface area contributed by atoms with E-state index in [0.717, 1.165) is 10.7 Å². The molecule has 0 radical (unpaired) electrons. The van der Waals surface area contributed by atoms with Gasteiger partial charge in [-0.05, 0) is 6.07 Å². The Morgan fingerprint density at radius 1 is 1.18 bits per heavy atom. The van der Waals surface area contributed by atoms with Crippen LogP contribution in [0.25, 0.3) is 16.9 Å². The molecule has 0 aliphatic heterocycles. The number of hydrogen-bond donors (Lipinski definition) is 1. The van der Waals surface area contributed by atoms with Crippen molar-refractivity contribution >= 4 is 11.3 Å². The van der Waals surface area contributed by atoms with Gasteiger partial charge in [0.2, 0.25) is 11.8 Å². The summed E-state index contributed by atoms with van der Waals surface area (Å²) < 4.78 is 25.1. The first-order valence-corrected chi connectivity index (χ1v) is 6.35. The van der Waals surface area contributed by atoms with Crippen molar-refractivity contribution in [2.24, 2.45) is 0 Å². The highest BCUT2D eigenvalue weighted by Crippen LogP contribution is 2.30. The van der Waals surface area contributed by atoms with Crippen LogP contribution in [-0.4, -0.2) is 45.8 Å². The third-order valence-electron chi connectivity index (χ3n) is 3.08. The van der Waals surface area contributed by atoms with Crippen LogP contribution in [0.5, 0.6) is 11.9 Å². The molecular weight excluding hydrogens is 291 g/mol. The summed E-state index contributed by atoms with van der Waals surface area (Å²) in [5.41, 5.74) is 1.95. The molecule has 0 saturated heterocycles. The minimum Gasteiger partial charge on any atom is -0.480 e. The second kappa shape index (κ2) is 5.43. The van der Waals surface area contributed by atoms with Gasteiger partial charge in [-0.15, -0.1) is 0 Å². The summed E-state index contributed by atoms with van der Waals surface area (Å²) in [5.74, 6) is -0.289. The van der Waals surface area contributed by atoms with E-state index in [1.54, 1.807) is 13.1 Å². The molecule has 0 aliphatic rings. The number of aromatic nitrogens is 5. The number of hydrogen-bond acceptors (Lipinski definition) is 7. The molecule has 3 aromatic heterocycles. The number of fused-ring (bicyclic) bond motifs is 1. The maximum absolute atomic E-state index is 13.8. The molecule has 8 nitrogen and oxygen atoms in total. The molecule has 0 fully saturated rings. The number of ether oxygens (including phenoxy) is 2. The SMILES string of the molecule is CNc1cc(-c2cnc(OC)nc2OC)nn2c(F)cnc12. The highest BCUT2D eigenvalue weighted by atomic mass is 19.1. The van der Waals surface area contributed by atoms with E-state index in [4.69, 9.17) is 9.47 Å². The summed E-state index contributed by atoms with van der Waals surface area (Å²) in [6, 6.07) is 1.89. The lowest BCUT2D eigenvalue weighted by molar-refractivity contribution is 0.353. The third kappa shape index (κ3) is 2.16. The normalized spacial score (nSPS) is 10.7. The second-order valence-electron chi connectivity index (χ2n) is 4.29. The van der Waals surface area contributed by atoms with E-state index in [-0.39, 0.29) is 11.9 Å². The van der Waals surface area contributed by atoms with Crippen LogP contribution >= 0.6 is 0 Å². The van der Waals surface area contributed by atoms with E-state index >= 15 is 0 Å². The lowest BCUT2D eigenvalue weighted by atomic mass is 10.2. The predicted octanol–water partition coefficient (Wildman–Crippen LogP) is 1.38. The molecule has 9 heteroatoms. The molecule has 3 heterocycles. The van der Waals surface area contributed by atoms with Crippen molar-refractivity contribution in [2.75, 3.05) is 26.6 Å². The highest BCUT2D eigenvalue weighted by molar-refractivity contribution is 5.74. The van der Waals surface area contributed by atoms with Crippen molar-refractivity contribution in [2.45, 2.75) is 0 Å². The minimum absolute atomic E-state index is 0.171. The first-order valence-electron chi connectivity index (χ1n) is 6.35. The lowest BCUT2D eigenvalue weighted by Crippen LogP contribution is -2.04. The zero-order valence-electron chi connectivity index (χ0n) is 12.2. The zero-order valence-corrected chi connectivity index (χ0v) is 12.2. The zero-order chi connectivity index (χ0) is 15.7. The number of imidazole rings is 1. The van der Waals surface area contributed by atoms with E-state index in [2.05, 4.69) is 25.4 Å². The number of halogens is 1. The van der Waals surface area contributed by atoms with Crippen molar-refractivity contribution < 1.29 is 13.9 Å². The fourth-order valence-corrected chi connectivity index (χ4v) is 2.04. The minimum atomic E-state index is -0.568. The van der Waals surface area contributed by atoms with Crippen molar-refractivity contribution in [3.63, 3.8) is 0 Å². The molecule has 3 rings (SSSR count). The molecule has 1 N–H and O–H groups in total. The predicted molar refractivity (Wildman–Crippen MR) is 76.6 cm³/mol. The van der Waals surface area contributed by atoms with E-state index in [1.807, 2.05) is 0 Å². The van der Waals surface area contributed by atoms with Crippen molar-refractivity contribution in [3.05, 3.63) is 24.4 Å². The largest absolute Gasteiger partial charge is 0.480 e. The maximum atomic E-state index is 13.8. The van der Waals surface area contributed by atoms with E-state index < -0.39 is 5.95 Å². The highest BCUT2D eigenvalue weighted by Gasteiger charge is 2.16. The van der Waals surface area contributed by atoms with Crippen LogP contribution in [0.2, 0.25) is 0 Å². The Balaban J connectivity index is 2.23. The van der Waals surface area contributed by atoms with Gasteiger partial charge in [-0.3, -0.25) is 0 Å². The Kier molecular flexibility index (Phi) is 3.45. The maximum Gasteiger partial charge on any atom is 0.319 e. The summed E-state index contributed by atoms with van der Waals surface area (Å²) in [5, 5.41) is 7.17. The average Bonchev–Trinajstić information content (AvgIpc) is 2.94. The molecule has 0 amide bonds. The molecule has 0 atom stereocenters. The molecule has 0 bridgehead atoms. The first kappa shape index (κ1) is 14.0. The summed E-state index contributed by atoms with van der Waals surface area (Å²) in [6.45, 7) is 0. The third-order valence-corrected chi connectivity index (χ3v) is 3.08. The average molecular weight is 304 g/mol. The number of rotatable bonds is 4. The molecule has 114 valence electrons. The van der Waals surface area contributed by atoms with E-state index in [9.17, 15) is 4.39 Å². The van der Waals surface area contributed by atoms with Crippen LogP contribution < -0.4 is 14.8 Å². The van der Waals surface area contributed by atoms with E-state index in [1.165, 1.54) is 20.4 Å². The van der Waals surface area contributed by atoms with Gasteiger partial charge in [0.25, 0.3) is 0 Å². The Labute approximate surface area is 124 Å². The first-order chi connectivity index (χ1) is 10.7. The number of methoxy groups -OCH3 is 2. The summed E-state index contributed by atoms with van der Waals surface area (Å²) in [6.07, 6.45) is 2.61. The van der Waals surface area contributed by atoms with Crippen LogP contribution in [0, 0.1) is 5.95 Å². The van der Waals surface area contributed by atoms with Gasteiger partial charge in [0, 0.05) is 13.2 Å². The molecule has 0 unspecified atom stereocenters. The fraction of sp³-hybridized carbons (Fsp3) is 0.231. The van der Waals surface area contributed by atoms with Crippen molar-refractivity contribution in [3.8, 4) is 23.1 Å². The molecule has 22 heavy (non-hydrogen) atoms. The Morgan fingerprint density at radius 3 is 2.68 bits per heavy atom. The summed E-state index contributed by atoms with van der Waals surface area (Å²) in [7, 11) is 4.65. The standard InChI is InChI=1S/C13H13FN6O2/c1-15-9-4-8(19-20-10(14)6-16-11(9)20)7-5-17-13(22-3)18-12(7)21-2/h4-6,15H,1-3H3. The molecule has 0 aliphatic carbocycles. The van der Waals surface area contributed by atoms with Gasteiger partial charge in [0.15, 0.2) is 5.65 Å². The number of nitrogens with one attached hydrogen (secondary N) is 1. The molecule has 3 aromatic rings. The van der Waals surface area contributed by atoms with Crippen LogP contribution in [0.15, 0.2) is 18.5 Å². The second-order valence-corrected chi connectivity index (χ2v) is 4.29. The molecule has 0 saturated carbocycles. The molecule has 0 aromatic carbocycles. The van der Waals surface area contributed by atoms with Gasteiger partial charge in [0.05, 0.1) is 31.7 Å². The van der Waals surface area contributed by atoms with E-state index in [0.29, 0.717) is 22.6 Å². The fourth-order valence-electron chi connectivity index (χ4n) is 2.04. The van der Waals surface area contributed by atoms with Gasteiger partial charge in [0.1, 0.15) is 5.69 Å². The number of anilines is 1. The Morgan fingerprint density at radius 2 is 2.00 bits per heavy atom. The lowest BCUT2D eigenvalue weighted by Gasteiger charge is -2.10. The van der Waals surface area contributed by atoms with Crippen molar-refractivity contribution in [1.29, 1.82) is 0 Å². The van der Waals surface area contributed by atoms with Crippen LogP contribution in [0.4, 0.5) is 10.1 Å². The van der Waals surface area contributed by atoms with Crippen LogP contribution in [0.1, 0.15) is 0 Å². The Hall–Kier alpha value is -2.97. The molecule has 0 spiro atoms. The van der Waals surface area contributed by atoms with Gasteiger partial charge in [-0.2, -0.15) is 19.0 Å². The van der Waals surface area contributed by atoms with Crippen molar-refractivity contribution in [1.82, 2.24) is 24.6 Å². The summed E-state index contributed by atoms with van der Waals surface area (Å²) in [4.78, 5) is 12.1. The quantitative estimate of drug-likeness (QED) is 0.779.